The largest absolute Gasteiger partial charge is 0.487 e. The molecule has 0 aliphatic carbocycles. The Hall–Kier alpha value is -3.53. The maximum absolute atomic E-state index is 5.91. The summed E-state index contributed by atoms with van der Waals surface area (Å²) in [6, 6.07) is 24.7. The monoisotopic (exact) mass is 409 g/mol. The highest BCUT2D eigenvalue weighted by molar-refractivity contribution is 5.56. The van der Waals surface area contributed by atoms with E-state index in [-0.39, 0.29) is 5.41 Å². The van der Waals surface area contributed by atoms with E-state index in [0.717, 1.165) is 22.8 Å². The molecule has 2 aromatic heterocycles. The van der Waals surface area contributed by atoms with Gasteiger partial charge in [0.25, 0.3) is 0 Å². The van der Waals surface area contributed by atoms with Crippen molar-refractivity contribution in [2.45, 2.75) is 32.8 Å². The van der Waals surface area contributed by atoms with Crippen molar-refractivity contribution in [1.82, 2.24) is 15.0 Å². The first kappa shape index (κ1) is 20.7. The normalized spacial score (nSPS) is 13.0. The molecule has 0 radical (unpaired) electrons. The van der Waals surface area contributed by atoms with E-state index in [0.29, 0.717) is 12.5 Å². The van der Waals surface area contributed by atoms with Gasteiger partial charge in [0, 0.05) is 29.6 Å². The lowest BCUT2D eigenvalue weighted by atomic mass is 9.68. The van der Waals surface area contributed by atoms with Gasteiger partial charge in [-0.05, 0) is 47.4 Å². The van der Waals surface area contributed by atoms with Gasteiger partial charge in [0.05, 0.1) is 5.69 Å². The van der Waals surface area contributed by atoms with E-state index in [4.69, 9.17) is 4.74 Å². The standard InChI is InChI=1S/C27H27N3O/c1-20(2)27(3,22-10-8-21(9-11-22)26-29-17-6-18-30-26)23-12-14-25(15-13-23)31-19-24-7-4-5-16-28-24/h4-18,20H,19H2,1-3H3. The zero-order valence-corrected chi connectivity index (χ0v) is 18.2. The average Bonchev–Trinajstić information content (AvgIpc) is 2.84. The van der Waals surface area contributed by atoms with Crippen molar-refractivity contribution < 1.29 is 4.74 Å². The minimum atomic E-state index is -0.129. The summed E-state index contributed by atoms with van der Waals surface area (Å²) < 4.78 is 5.91. The molecule has 0 amide bonds. The Kier molecular flexibility index (Phi) is 6.08. The molecule has 4 nitrogen and oxygen atoms in total. The van der Waals surface area contributed by atoms with Crippen LogP contribution in [-0.2, 0) is 12.0 Å². The smallest absolute Gasteiger partial charge is 0.159 e. The van der Waals surface area contributed by atoms with Gasteiger partial charge >= 0.3 is 0 Å². The van der Waals surface area contributed by atoms with Crippen molar-refractivity contribution in [2.24, 2.45) is 5.92 Å². The van der Waals surface area contributed by atoms with Gasteiger partial charge in [-0.15, -0.1) is 0 Å². The minimum absolute atomic E-state index is 0.129. The fourth-order valence-electron chi connectivity index (χ4n) is 3.79. The fraction of sp³-hybridized carbons (Fsp3) is 0.222. The highest BCUT2D eigenvalue weighted by atomic mass is 16.5. The van der Waals surface area contributed by atoms with Crippen LogP contribution in [0.3, 0.4) is 0 Å². The number of pyridine rings is 1. The topological polar surface area (TPSA) is 47.9 Å². The van der Waals surface area contributed by atoms with E-state index in [2.05, 4.69) is 72.1 Å². The summed E-state index contributed by atoms with van der Waals surface area (Å²) in [5.74, 6) is 2.00. The molecule has 1 atom stereocenters. The van der Waals surface area contributed by atoms with Gasteiger partial charge in [0.15, 0.2) is 5.82 Å². The molecule has 4 aromatic rings. The highest BCUT2D eigenvalue weighted by Gasteiger charge is 2.32. The molecule has 0 saturated heterocycles. The van der Waals surface area contributed by atoms with Gasteiger partial charge < -0.3 is 4.74 Å². The van der Waals surface area contributed by atoms with Crippen molar-refractivity contribution >= 4 is 0 Å². The molecule has 0 saturated carbocycles. The summed E-state index contributed by atoms with van der Waals surface area (Å²) >= 11 is 0. The minimum Gasteiger partial charge on any atom is -0.487 e. The summed E-state index contributed by atoms with van der Waals surface area (Å²) in [6.07, 6.45) is 5.32. The van der Waals surface area contributed by atoms with Gasteiger partial charge in [-0.3, -0.25) is 4.98 Å². The van der Waals surface area contributed by atoms with Crippen LogP contribution in [0.1, 0.15) is 37.6 Å². The fourth-order valence-corrected chi connectivity index (χ4v) is 3.79. The molecular formula is C27H27N3O. The first-order valence-electron chi connectivity index (χ1n) is 10.6. The second-order valence-electron chi connectivity index (χ2n) is 8.14. The molecule has 4 heteroatoms. The molecule has 31 heavy (non-hydrogen) atoms. The van der Waals surface area contributed by atoms with Crippen molar-refractivity contribution in [3.8, 4) is 17.1 Å². The van der Waals surface area contributed by atoms with Crippen LogP contribution in [0.4, 0.5) is 0 Å². The van der Waals surface area contributed by atoms with Gasteiger partial charge in [0.2, 0.25) is 0 Å². The number of hydrogen-bond acceptors (Lipinski definition) is 4. The third-order valence-corrected chi connectivity index (χ3v) is 6.03. The maximum atomic E-state index is 5.91. The van der Waals surface area contributed by atoms with Crippen LogP contribution < -0.4 is 4.74 Å². The van der Waals surface area contributed by atoms with Crippen molar-refractivity contribution in [3.05, 3.63) is 108 Å². The Morgan fingerprint density at radius 3 is 1.94 bits per heavy atom. The SMILES string of the molecule is CC(C)C(C)(c1ccc(OCc2ccccn2)cc1)c1ccc(-c2ncccn2)cc1. The molecule has 0 aliphatic rings. The van der Waals surface area contributed by atoms with Crippen LogP contribution in [0.15, 0.2) is 91.4 Å². The molecular weight excluding hydrogens is 382 g/mol. The third-order valence-electron chi connectivity index (χ3n) is 6.03. The lowest BCUT2D eigenvalue weighted by Crippen LogP contribution is -2.30. The van der Waals surface area contributed by atoms with Gasteiger partial charge in [-0.2, -0.15) is 0 Å². The molecule has 0 bridgehead atoms. The zero-order chi connectivity index (χ0) is 21.7. The summed E-state index contributed by atoms with van der Waals surface area (Å²) in [5, 5.41) is 0. The highest BCUT2D eigenvalue weighted by Crippen LogP contribution is 2.40. The number of rotatable bonds is 7. The third kappa shape index (κ3) is 4.48. The van der Waals surface area contributed by atoms with Crippen molar-refractivity contribution in [3.63, 3.8) is 0 Å². The number of nitrogens with zero attached hydrogens (tertiary/aromatic N) is 3. The Bertz CT molecular complexity index is 1090. The Morgan fingerprint density at radius 1 is 0.742 bits per heavy atom. The quantitative estimate of drug-likeness (QED) is 0.371. The lowest BCUT2D eigenvalue weighted by Gasteiger charge is -2.35. The Labute approximate surface area is 184 Å². The summed E-state index contributed by atoms with van der Waals surface area (Å²) in [7, 11) is 0. The second-order valence-corrected chi connectivity index (χ2v) is 8.14. The van der Waals surface area contributed by atoms with E-state index in [1.54, 1.807) is 18.6 Å². The van der Waals surface area contributed by atoms with Crippen LogP contribution in [-0.4, -0.2) is 15.0 Å². The van der Waals surface area contributed by atoms with E-state index >= 15 is 0 Å². The molecule has 0 fully saturated rings. The van der Waals surface area contributed by atoms with E-state index in [1.165, 1.54) is 11.1 Å². The number of ether oxygens (including phenoxy) is 1. The van der Waals surface area contributed by atoms with E-state index in [9.17, 15) is 0 Å². The molecule has 0 N–H and O–H groups in total. The molecule has 2 aromatic carbocycles. The molecule has 0 aliphatic heterocycles. The van der Waals surface area contributed by atoms with Crippen LogP contribution in [0.25, 0.3) is 11.4 Å². The van der Waals surface area contributed by atoms with Crippen LogP contribution >= 0.6 is 0 Å². The molecule has 156 valence electrons. The first-order valence-corrected chi connectivity index (χ1v) is 10.6. The number of aromatic nitrogens is 3. The Balaban J connectivity index is 1.56. The van der Waals surface area contributed by atoms with E-state index in [1.807, 2.05) is 36.4 Å². The van der Waals surface area contributed by atoms with Crippen LogP contribution in [0.5, 0.6) is 5.75 Å². The Morgan fingerprint density at radius 2 is 1.35 bits per heavy atom. The van der Waals surface area contributed by atoms with Gasteiger partial charge in [-0.25, -0.2) is 9.97 Å². The second kappa shape index (κ2) is 9.09. The van der Waals surface area contributed by atoms with Crippen LogP contribution in [0.2, 0.25) is 0 Å². The van der Waals surface area contributed by atoms with Gasteiger partial charge in [0.1, 0.15) is 12.4 Å². The first-order chi connectivity index (χ1) is 15.1. The number of benzene rings is 2. The molecule has 1 unspecified atom stereocenters. The number of hydrogen-bond donors (Lipinski definition) is 0. The average molecular weight is 410 g/mol. The lowest BCUT2D eigenvalue weighted by molar-refractivity contribution is 0.301. The van der Waals surface area contributed by atoms with Gasteiger partial charge in [-0.1, -0.05) is 63.2 Å². The van der Waals surface area contributed by atoms with Crippen molar-refractivity contribution in [2.75, 3.05) is 0 Å². The maximum Gasteiger partial charge on any atom is 0.159 e. The molecule has 2 heterocycles. The predicted octanol–water partition coefficient (Wildman–Crippen LogP) is 6.08. The van der Waals surface area contributed by atoms with Crippen LogP contribution in [0, 0.1) is 5.92 Å². The summed E-state index contributed by atoms with van der Waals surface area (Å²) in [4.78, 5) is 13.0. The zero-order valence-electron chi connectivity index (χ0n) is 18.2. The molecule has 4 rings (SSSR count). The van der Waals surface area contributed by atoms with E-state index < -0.39 is 0 Å². The van der Waals surface area contributed by atoms with Crippen molar-refractivity contribution in [1.29, 1.82) is 0 Å². The molecule has 0 spiro atoms. The summed E-state index contributed by atoms with van der Waals surface area (Å²) in [6.45, 7) is 7.29. The summed E-state index contributed by atoms with van der Waals surface area (Å²) in [5.41, 5.74) is 4.34. The predicted molar refractivity (Wildman–Crippen MR) is 124 cm³/mol.